The zero-order chi connectivity index (χ0) is 15.1. The summed E-state index contributed by atoms with van der Waals surface area (Å²) < 4.78 is 0. The fourth-order valence-corrected chi connectivity index (χ4v) is 2.67. The van der Waals surface area contributed by atoms with Gasteiger partial charge in [-0.15, -0.1) is 0 Å². The average molecular weight is 343 g/mol. The standard InChI is InChI=1S/C14H19BrN2O3/c1-3-11(7-8-15)9-16-14(18)12-6-4-5-10(2)13(12)17(19)20/h4-6,11H,3,7-9H2,1-2H3,(H,16,18). The van der Waals surface area contributed by atoms with Crippen molar-refractivity contribution < 1.29 is 9.72 Å². The Kier molecular flexibility index (Phi) is 6.64. The number of amides is 1. The number of rotatable bonds is 7. The van der Waals surface area contributed by atoms with Crippen LogP contribution in [0.25, 0.3) is 0 Å². The van der Waals surface area contributed by atoms with Crippen molar-refractivity contribution in [3.8, 4) is 0 Å². The number of hydrogen-bond acceptors (Lipinski definition) is 3. The van der Waals surface area contributed by atoms with E-state index < -0.39 is 4.92 Å². The molecule has 0 aliphatic carbocycles. The minimum absolute atomic E-state index is 0.112. The molecule has 1 atom stereocenters. The summed E-state index contributed by atoms with van der Waals surface area (Å²) in [6.07, 6.45) is 1.93. The fraction of sp³-hybridized carbons (Fsp3) is 0.500. The monoisotopic (exact) mass is 342 g/mol. The van der Waals surface area contributed by atoms with Gasteiger partial charge in [-0.05, 0) is 25.3 Å². The highest BCUT2D eigenvalue weighted by Crippen LogP contribution is 2.23. The highest BCUT2D eigenvalue weighted by Gasteiger charge is 2.22. The Morgan fingerprint density at radius 2 is 2.20 bits per heavy atom. The third kappa shape index (κ3) is 4.30. The van der Waals surface area contributed by atoms with Gasteiger partial charge in [0.1, 0.15) is 5.56 Å². The minimum Gasteiger partial charge on any atom is -0.352 e. The largest absolute Gasteiger partial charge is 0.352 e. The zero-order valence-corrected chi connectivity index (χ0v) is 13.3. The Morgan fingerprint density at radius 1 is 1.50 bits per heavy atom. The molecule has 1 N–H and O–H groups in total. The van der Waals surface area contributed by atoms with Gasteiger partial charge in [-0.25, -0.2) is 0 Å². The molecular formula is C14H19BrN2O3. The quantitative estimate of drug-likeness (QED) is 0.468. The number of nitro groups is 1. The second-order valence-corrected chi connectivity index (χ2v) is 5.48. The number of aryl methyl sites for hydroxylation is 1. The third-order valence-corrected chi connectivity index (χ3v) is 3.77. The van der Waals surface area contributed by atoms with E-state index in [1.165, 1.54) is 6.07 Å². The van der Waals surface area contributed by atoms with Crippen LogP contribution in [0.2, 0.25) is 0 Å². The van der Waals surface area contributed by atoms with Gasteiger partial charge in [-0.3, -0.25) is 14.9 Å². The van der Waals surface area contributed by atoms with Crippen molar-refractivity contribution in [1.29, 1.82) is 0 Å². The van der Waals surface area contributed by atoms with Crippen LogP contribution in [-0.2, 0) is 0 Å². The molecule has 20 heavy (non-hydrogen) atoms. The molecule has 1 unspecified atom stereocenters. The molecule has 6 heteroatoms. The fourth-order valence-electron chi connectivity index (χ4n) is 2.02. The Morgan fingerprint density at radius 3 is 2.75 bits per heavy atom. The predicted molar refractivity (Wildman–Crippen MR) is 82.4 cm³/mol. The molecule has 0 fully saturated rings. The van der Waals surface area contributed by atoms with E-state index in [4.69, 9.17) is 0 Å². The number of alkyl halides is 1. The van der Waals surface area contributed by atoms with Gasteiger partial charge in [0.25, 0.3) is 11.6 Å². The summed E-state index contributed by atoms with van der Waals surface area (Å²) in [5, 5.41) is 14.7. The van der Waals surface area contributed by atoms with Gasteiger partial charge in [-0.2, -0.15) is 0 Å². The van der Waals surface area contributed by atoms with Crippen LogP contribution >= 0.6 is 15.9 Å². The van der Waals surface area contributed by atoms with Crippen molar-refractivity contribution in [3.05, 3.63) is 39.4 Å². The van der Waals surface area contributed by atoms with Crippen molar-refractivity contribution in [1.82, 2.24) is 5.32 Å². The number of benzene rings is 1. The predicted octanol–water partition coefficient (Wildman–Crippen LogP) is 3.44. The first kappa shape index (κ1) is 16.6. The SMILES string of the molecule is CCC(CCBr)CNC(=O)c1cccc(C)c1[N+](=O)[O-]. The Hall–Kier alpha value is -1.43. The van der Waals surface area contributed by atoms with Crippen LogP contribution in [0, 0.1) is 23.0 Å². The second kappa shape index (κ2) is 7.99. The van der Waals surface area contributed by atoms with E-state index in [0.29, 0.717) is 18.0 Å². The van der Waals surface area contributed by atoms with E-state index in [1.54, 1.807) is 19.1 Å². The van der Waals surface area contributed by atoms with Gasteiger partial charge in [-0.1, -0.05) is 41.4 Å². The summed E-state index contributed by atoms with van der Waals surface area (Å²) in [7, 11) is 0. The minimum atomic E-state index is -0.500. The average Bonchev–Trinajstić information content (AvgIpc) is 2.42. The first-order valence-corrected chi connectivity index (χ1v) is 7.71. The summed E-state index contributed by atoms with van der Waals surface area (Å²) >= 11 is 3.38. The van der Waals surface area contributed by atoms with Crippen molar-refractivity contribution in [2.75, 3.05) is 11.9 Å². The smallest absolute Gasteiger partial charge is 0.285 e. The summed E-state index contributed by atoms with van der Waals surface area (Å²) in [5.41, 5.74) is 0.511. The second-order valence-electron chi connectivity index (χ2n) is 4.69. The number of nitrogens with zero attached hydrogens (tertiary/aromatic N) is 1. The molecule has 0 aromatic heterocycles. The van der Waals surface area contributed by atoms with Gasteiger partial charge < -0.3 is 5.32 Å². The van der Waals surface area contributed by atoms with E-state index in [9.17, 15) is 14.9 Å². The molecule has 0 heterocycles. The number of nitro benzene ring substituents is 1. The van der Waals surface area contributed by atoms with E-state index >= 15 is 0 Å². The van der Waals surface area contributed by atoms with Crippen LogP contribution in [0.5, 0.6) is 0 Å². The van der Waals surface area contributed by atoms with Crippen LogP contribution in [0.3, 0.4) is 0 Å². The van der Waals surface area contributed by atoms with Crippen LogP contribution in [0.15, 0.2) is 18.2 Å². The molecule has 110 valence electrons. The number of halogens is 1. The normalized spacial score (nSPS) is 11.9. The maximum absolute atomic E-state index is 12.1. The summed E-state index contributed by atoms with van der Waals surface area (Å²) in [6, 6.07) is 4.79. The zero-order valence-electron chi connectivity index (χ0n) is 11.7. The molecule has 0 spiro atoms. The highest BCUT2D eigenvalue weighted by atomic mass is 79.9. The Bertz CT molecular complexity index is 491. The number of nitrogens with one attached hydrogen (secondary N) is 1. The molecule has 0 radical (unpaired) electrons. The Balaban J connectivity index is 2.83. The highest BCUT2D eigenvalue weighted by molar-refractivity contribution is 9.09. The molecule has 1 aromatic rings. The van der Waals surface area contributed by atoms with Crippen molar-refractivity contribution >= 4 is 27.5 Å². The number of para-hydroxylation sites is 1. The van der Waals surface area contributed by atoms with Crippen molar-refractivity contribution in [3.63, 3.8) is 0 Å². The lowest BCUT2D eigenvalue weighted by molar-refractivity contribution is -0.385. The molecule has 0 saturated heterocycles. The van der Waals surface area contributed by atoms with Crippen LogP contribution in [0.1, 0.15) is 35.7 Å². The first-order valence-electron chi connectivity index (χ1n) is 6.59. The van der Waals surface area contributed by atoms with Crippen molar-refractivity contribution in [2.45, 2.75) is 26.7 Å². The molecule has 1 rings (SSSR count). The third-order valence-electron chi connectivity index (χ3n) is 3.31. The van der Waals surface area contributed by atoms with Gasteiger partial charge in [0.05, 0.1) is 4.92 Å². The molecule has 0 saturated carbocycles. The van der Waals surface area contributed by atoms with E-state index in [1.807, 2.05) is 0 Å². The maximum Gasteiger partial charge on any atom is 0.285 e. The lowest BCUT2D eigenvalue weighted by atomic mass is 10.0. The molecular weight excluding hydrogens is 324 g/mol. The van der Waals surface area contributed by atoms with Crippen LogP contribution < -0.4 is 5.32 Å². The summed E-state index contributed by atoms with van der Waals surface area (Å²) in [6.45, 7) is 4.23. The molecule has 0 aliphatic heterocycles. The van der Waals surface area contributed by atoms with E-state index in [-0.39, 0.29) is 17.2 Å². The van der Waals surface area contributed by atoms with Crippen LogP contribution in [0.4, 0.5) is 5.69 Å². The van der Waals surface area contributed by atoms with Gasteiger partial charge in [0.15, 0.2) is 0 Å². The molecule has 0 aliphatic rings. The summed E-state index contributed by atoms with van der Waals surface area (Å²) in [4.78, 5) is 22.7. The first-order chi connectivity index (χ1) is 9.51. The van der Waals surface area contributed by atoms with E-state index in [0.717, 1.165) is 18.2 Å². The summed E-state index contributed by atoms with van der Waals surface area (Å²) in [5.74, 6) is -0.00406. The molecule has 5 nitrogen and oxygen atoms in total. The topological polar surface area (TPSA) is 72.2 Å². The van der Waals surface area contributed by atoms with Crippen molar-refractivity contribution in [2.24, 2.45) is 5.92 Å². The number of carbonyl (C=O) groups is 1. The van der Waals surface area contributed by atoms with Gasteiger partial charge in [0, 0.05) is 17.4 Å². The van der Waals surface area contributed by atoms with E-state index in [2.05, 4.69) is 28.2 Å². The van der Waals surface area contributed by atoms with Gasteiger partial charge in [0.2, 0.25) is 0 Å². The Labute approximate surface area is 127 Å². The molecule has 1 aromatic carbocycles. The number of carbonyl (C=O) groups excluding carboxylic acids is 1. The number of hydrogen-bond donors (Lipinski definition) is 1. The van der Waals surface area contributed by atoms with Gasteiger partial charge >= 0.3 is 0 Å². The lowest BCUT2D eigenvalue weighted by Gasteiger charge is -2.14. The van der Waals surface area contributed by atoms with Crippen LogP contribution in [-0.4, -0.2) is 22.7 Å². The molecule has 1 amide bonds. The lowest BCUT2D eigenvalue weighted by Crippen LogP contribution is -2.30. The molecule has 0 bridgehead atoms. The maximum atomic E-state index is 12.1.